The molecule has 1 heterocycles. The molecule has 154 valence electrons. The van der Waals surface area contributed by atoms with Crippen LogP contribution in [0.25, 0.3) is 6.08 Å². The Morgan fingerprint density at radius 1 is 0.903 bits per heavy atom. The molecule has 7 nitrogen and oxygen atoms in total. The number of fused-ring (bicyclic) bond motifs is 1. The van der Waals surface area contributed by atoms with Gasteiger partial charge in [-0.2, -0.15) is 5.10 Å². The zero-order valence-corrected chi connectivity index (χ0v) is 16.4. The second-order valence-electron chi connectivity index (χ2n) is 6.50. The van der Waals surface area contributed by atoms with E-state index in [9.17, 15) is 9.59 Å². The van der Waals surface area contributed by atoms with Crippen LogP contribution in [-0.2, 0) is 4.79 Å². The summed E-state index contributed by atoms with van der Waals surface area (Å²) in [5.41, 5.74) is 4.51. The van der Waals surface area contributed by atoms with Gasteiger partial charge in [0.25, 0.3) is 5.91 Å². The summed E-state index contributed by atoms with van der Waals surface area (Å²) < 4.78 is 15.7. The van der Waals surface area contributed by atoms with Crippen LogP contribution in [0.1, 0.15) is 21.5 Å². The van der Waals surface area contributed by atoms with Crippen LogP contribution in [-0.4, -0.2) is 24.9 Å². The standard InChI is InChI=1S/C24H18N2O5/c27-23(13-8-17-4-2-1-3-5-17)31-20-10-6-18(7-11-20)15-25-26-24(28)19-9-12-21-22(14-19)30-16-29-21/h1-15H,16H2,(H,26,28)/b13-8+,25-15-. The van der Waals surface area contributed by atoms with Crippen LogP contribution in [0.2, 0.25) is 0 Å². The Bertz CT molecular complexity index is 1140. The Morgan fingerprint density at radius 3 is 2.48 bits per heavy atom. The van der Waals surface area contributed by atoms with Gasteiger partial charge in [-0.1, -0.05) is 30.3 Å². The maximum Gasteiger partial charge on any atom is 0.336 e. The smallest absolute Gasteiger partial charge is 0.336 e. The highest BCUT2D eigenvalue weighted by Crippen LogP contribution is 2.32. The lowest BCUT2D eigenvalue weighted by molar-refractivity contribution is -0.128. The van der Waals surface area contributed by atoms with Gasteiger partial charge in [0, 0.05) is 11.6 Å². The molecule has 0 radical (unpaired) electrons. The van der Waals surface area contributed by atoms with E-state index in [2.05, 4.69) is 10.5 Å². The highest BCUT2D eigenvalue weighted by molar-refractivity contribution is 5.95. The monoisotopic (exact) mass is 414 g/mol. The van der Waals surface area contributed by atoms with Crippen LogP contribution >= 0.6 is 0 Å². The summed E-state index contributed by atoms with van der Waals surface area (Å²) >= 11 is 0. The van der Waals surface area contributed by atoms with E-state index in [1.165, 1.54) is 12.3 Å². The molecule has 0 aromatic heterocycles. The van der Waals surface area contributed by atoms with Crippen molar-refractivity contribution in [2.75, 3.05) is 6.79 Å². The maximum absolute atomic E-state index is 12.2. The molecule has 1 aliphatic heterocycles. The number of nitrogens with zero attached hydrogens (tertiary/aromatic N) is 1. The number of benzene rings is 3. The molecule has 0 aliphatic carbocycles. The van der Waals surface area contributed by atoms with Crippen LogP contribution in [0.15, 0.2) is 84.0 Å². The summed E-state index contributed by atoms with van der Waals surface area (Å²) in [7, 11) is 0. The third-order valence-corrected chi connectivity index (χ3v) is 4.32. The van der Waals surface area contributed by atoms with E-state index >= 15 is 0 Å². The molecule has 0 saturated heterocycles. The van der Waals surface area contributed by atoms with Crippen LogP contribution in [0.4, 0.5) is 0 Å². The Morgan fingerprint density at radius 2 is 1.68 bits per heavy atom. The van der Waals surface area contributed by atoms with E-state index < -0.39 is 5.97 Å². The fourth-order valence-electron chi connectivity index (χ4n) is 2.77. The normalized spacial score (nSPS) is 12.3. The number of hydrogen-bond acceptors (Lipinski definition) is 6. The zero-order valence-electron chi connectivity index (χ0n) is 16.4. The van der Waals surface area contributed by atoms with Gasteiger partial charge in [-0.05, 0) is 59.7 Å². The number of nitrogens with one attached hydrogen (secondary N) is 1. The first kappa shape index (κ1) is 19.9. The molecule has 0 bridgehead atoms. The van der Waals surface area contributed by atoms with E-state index in [1.54, 1.807) is 48.5 Å². The SMILES string of the molecule is O=C(/C=C/c1ccccc1)Oc1ccc(/C=N\NC(=O)c2ccc3c(c2)OCO3)cc1. The minimum absolute atomic E-state index is 0.146. The highest BCUT2D eigenvalue weighted by atomic mass is 16.7. The molecule has 3 aromatic rings. The van der Waals surface area contributed by atoms with E-state index in [0.29, 0.717) is 22.8 Å². The predicted octanol–water partition coefficient (Wildman–Crippen LogP) is 3.80. The van der Waals surface area contributed by atoms with Gasteiger partial charge in [-0.15, -0.1) is 0 Å². The largest absolute Gasteiger partial charge is 0.454 e. The molecule has 0 atom stereocenters. The Labute approximate surface area is 178 Å². The van der Waals surface area contributed by atoms with E-state index in [0.717, 1.165) is 11.1 Å². The molecule has 4 rings (SSSR count). The number of ether oxygens (including phenoxy) is 3. The minimum atomic E-state index is -0.471. The van der Waals surface area contributed by atoms with E-state index in [4.69, 9.17) is 14.2 Å². The molecule has 1 amide bonds. The minimum Gasteiger partial charge on any atom is -0.454 e. The summed E-state index contributed by atoms with van der Waals surface area (Å²) in [6, 6.07) is 21.1. The molecule has 0 saturated carbocycles. The molecule has 31 heavy (non-hydrogen) atoms. The predicted molar refractivity (Wildman–Crippen MR) is 115 cm³/mol. The van der Waals surface area contributed by atoms with Crippen molar-refractivity contribution in [3.8, 4) is 17.2 Å². The molecular formula is C24H18N2O5. The number of carbonyl (C=O) groups is 2. The summed E-state index contributed by atoms with van der Waals surface area (Å²) in [5, 5.41) is 3.95. The Balaban J connectivity index is 1.29. The van der Waals surface area contributed by atoms with Crippen molar-refractivity contribution in [2.24, 2.45) is 5.10 Å². The van der Waals surface area contributed by atoms with Gasteiger partial charge in [0.15, 0.2) is 11.5 Å². The van der Waals surface area contributed by atoms with Crippen molar-refractivity contribution in [2.45, 2.75) is 0 Å². The van der Waals surface area contributed by atoms with Crippen LogP contribution in [0, 0.1) is 0 Å². The van der Waals surface area contributed by atoms with Gasteiger partial charge in [-0.3, -0.25) is 4.79 Å². The lowest BCUT2D eigenvalue weighted by Gasteiger charge is -2.03. The van der Waals surface area contributed by atoms with Gasteiger partial charge in [0.05, 0.1) is 6.21 Å². The fraction of sp³-hybridized carbons (Fsp3) is 0.0417. The van der Waals surface area contributed by atoms with Crippen molar-refractivity contribution < 1.29 is 23.8 Å². The van der Waals surface area contributed by atoms with Crippen molar-refractivity contribution in [3.05, 3.63) is 95.6 Å². The van der Waals surface area contributed by atoms with Gasteiger partial charge < -0.3 is 14.2 Å². The summed E-state index contributed by atoms with van der Waals surface area (Å²) in [6.07, 6.45) is 4.55. The van der Waals surface area contributed by atoms with E-state index in [-0.39, 0.29) is 12.7 Å². The van der Waals surface area contributed by atoms with Crippen molar-refractivity contribution in [3.63, 3.8) is 0 Å². The third kappa shape index (κ3) is 5.36. The van der Waals surface area contributed by atoms with Gasteiger partial charge in [0.2, 0.25) is 6.79 Å². The first-order valence-electron chi connectivity index (χ1n) is 9.45. The molecule has 0 fully saturated rings. The number of hydrogen-bond donors (Lipinski definition) is 1. The number of rotatable bonds is 6. The lowest BCUT2D eigenvalue weighted by atomic mass is 10.2. The molecule has 0 spiro atoms. The van der Waals surface area contributed by atoms with Crippen molar-refractivity contribution in [1.82, 2.24) is 5.43 Å². The van der Waals surface area contributed by atoms with Gasteiger partial charge in [-0.25, -0.2) is 10.2 Å². The van der Waals surface area contributed by atoms with Crippen molar-refractivity contribution in [1.29, 1.82) is 0 Å². The first-order chi connectivity index (χ1) is 15.2. The molecule has 0 unspecified atom stereocenters. The van der Waals surface area contributed by atoms with E-state index in [1.807, 2.05) is 30.3 Å². The zero-order chi connectivity index (χ0) is 21.5. The highest BCUT2D eigenvalue weighted by Gasteiger charge is 2.15. The molecule has 3 aromatic carbocycles. The Kier molecular flexibility index (Phi) is 6.04. The average molecular weight is 414 g/mol. The first-order valence-corrected chi connectivity index (χ1v) is 9.45. The summed E-state index contributed by atoms with van der Waals surface area (Å²) in [4.78, 5) is 24.1. The van der Waals surface area contributed by atoms with Crippen LogP contribution in [0.5, 0.6) is 17.2 Å². The van der Waals surface area contributed by atoms with Crippen LogP contribution < -0.4 is 19.6 Å². The lowest BCUT2D eigenvalue weighted by Crippen LogP contribution is -2.17. The molecule has 7 heteroatoms. The second kappa shape index (κ2) is 9.41. The van der Waals surface area contributed by atoms with Crippen LogP contribution in [0.3, 0.4) is 0 Å². The quantitative estimate of drug-likeness (QED) is 0.218. The number of amides is 1. The van der Waals surface area contributed by atoms with Gasteiger partial charge in [0.1, 0.15) is 5.75 Å². The van der Waals surface area contributed by atoms with Gasteiger partial charge >= 0.3 is 5.97 Å². The fourth-order valence-corrected chi connectivity index (χ4v) is 2.77. The summed E-state index contributed by atoms with van der Waals surface area (Å²) in [6.45, 7) is 0.146. The molecule has 1 aliphatic rings. The molecule has 1 N–H and O–H groups in total. The maximum atomic E-state index is 12.2. The number of esters is 1. The average Bonchev–Trinajstić information content (AvgIpc) is 3.27. The number of carbonyl (C=O) groups excluding carboxylic acids is 2. The summed E-state index contributed by atoms with van der Waals surface area (Å²) in [5.74, 6) is 0.701. The van der Waals surface area contributed by atoms with Crippen molar-refractivity contribution >= 4 is 24.2 Å². The Hall–Kier alpha value is -4.39. The molecular weight excluding hydrogens is 396 g/mol. The third-order valence-electron chi connectivity index (χ3n) is 4.32. The second-order valence-corrected chi connectivity index (χ2v) is 6.50. The number of hydrazone groups is 1. The topological polar surface area (TPSA) is 86.2 Å².